The minimum absolute atomic E-state index is 0. The molecule has 0 rings (SSSR count). The number of halogens is 3. The van der Waals surface area contributed by atoms with Crippen molar-refractivity contribution < 1.29 is 26.1 Å². The van der Waals surface area contributed by atoms with Crippen molar-refractivity contribution in [1.29, 1.82) is 0 Å². The third-order valence-electron chi connectivity index (χ3n) is 0.283. The van der Waals surface area contributed by atoms with Gasteiger partial charge < -0.3 is 19.4 Å². The maximum atomic E-state index is 10.7. The van der Waals surface area contributed by atoms with E-state index >= 15 is 0 Å². The Morgan fingerprint density at radius 2 is 1.18 bits per heavy atom. The van der Waals surface area contributed by atoms with Crippen molar-refractivity contribution in [3.8, 4) is 0 Å². The second-order valence-corrected chi connectivity index (χ2v) is 2.27. The molecule has 0 atom stereocenters. The molecule has 3 nitrogen and oxygen atoms in total. The summed E-state index contributed by atoms with van der Waals surface area (Å²) >= 11 is 0. The minimum Gasteiger partial charge on any atom is -0.741 e. The Balaban J connectivity index is -0.0000000817. The average Bonchev–Trinajstić information content (AvgIpc) is 1.25. The molecule has 0 aliphatic heterocycles. The van der Waals surface area contributed by atoms with E-state index in [-0.39, 0.29) is 32.2 Å². The summed E-state index contributed by atoms with van der Waals surface area (Å²) in [6.07, 6.45) is 0. The molecule has 0 N–H and O–H groups in total. The van der Waals surface area contributed by atoms with E-state index in [1.165, 1.54) is 0 Å². The van der Waals surface area contributed by atoms with Gasteiger partial charge in [-0.15, -0.1) is 0 Å². The molecule has 0 heterocycles. The first-order chi connectivity index (χ1) is 3.25. The Morgan fingerprint density at radius 3 is 1.18 bits per heavy atom. The molecule has 8 heteroatoms. The van der Waals surface area contributed by atoms with Gasteiger partial charge in [0.2, 0.25) is 0 Å². The molecule has 0 saturated carbocycles. The van der Waals surface area contributed by atoms with E-state index in [4.69, 9.17) is 13.0 Å². The van der Waals surface area contributed by atoms with Crippen LogP contribution in [0.5, 0.6) is 0 Å². The van der Waals surface area contributed by atoms with Crippen LogP contribution >= 0.6 is 0 Å². The van der Waals surface area contributed by atoms with Crippen LogP contribution in [0.15, 0.2) is 0 Å². The summed E-state index contributed by atoms with van der Waals surface area (Å²) in [5.74, 6) is 0. The minimum atomic E-state index is -6.09. The average molecular weight is 206 g/mol. The van der Waals surface area contributed by atoms with Gasteiger partial charge in [0.1, 0.15) is 0 Å². The van der Waals surface area contributed by atoms with Crippen LogP contribution in [0.3, 0.4) is 0 Å². The van der Waals surface area contributed by atoms with E-state index in [0.717, 1.165) is 0 Å². The maximum absolute atomic E-state index is 10.7. The van der Waals surface area contributed by atoms with Crippen LogP contribution in [0.4, 0.5) is 13.2 Å². The molecule has 0 fully saturated rings. The largest absolute Gasteiger partial charge is 3.00 e. The van der Waals surface area contributed by atoms with Crippen molar-refractivity contribution in [3.05, 3.63) is 14.9 Å². The zero-order valence-corrected chi connectivity index (χ0v) is 7.82. The number of hydrogen-bond donors (Lipinski definition) is 0. The topological polar surface area (TPSA) is 57.2 Å². The molecule has 66 valence electrons. The summed E-state index contributed by atoms with van der Waals surface area (Å²) in [5.41, 5.74) is -5.65. The van der Waals surface area contributed by atoms with Crippen LogP contribution in [0.2, 0.25) is 0 Å². The van der Waals surface area contributed by atoms with Gasteiger partial charge in [-0.25, -0.2) is 8.42 Å². The Kier molecular flexibility index (Phi) is 11.9. The first-order valence-corrected chi connectivity index (χ1v) is 2.68. The van der Waals surface area contributed by atoms with E-state index in [2.05, 4.69) is 0 Å². The molecule has 11 heavy (non-hydrogen) atoms. The Hall–Kier alpha value is 0.232. The fourth-order valence-electron chi connectivity index (χ4n) is 0. The van der Waals surface area contributed by atoms with E-state index in [1.807, 2.05) is 0 Å². The van der Waals surface area contributed by atoms with Gasteiger partial charge in [-0.05, 0) is 0 Å². The standard InChI is InChI=1S/CHF3O3S.2CH3.Al/c2-1(3,4)8(5,6)7;;;/h(H,5,6,7);2*1H3;/q;2*-1;+3/p-1. The van der Waals surface area contributed by atoms with Crippen molar-refractivity contribution in [1.82, 2.24) is 0 Å². The first-order valence-electron chi connectivity index (χ1n) is 1.27. The van der Waals surface area contributed by atoms with Gasteiger partial charge >= 0.3 is 22.9 Å². The molecule has 0 amide bonds. The third kappa shape index (κ3) is 8.14. The summed E-state index contributed by atoms with van der Waals surface area (Å²) in [5, 5.41) is 0. The molecule has 0 aliphatic rings. The maximum Gasteiger partial charge on any atom is 3.00 e. The normalized spacial score (nSPS) is 10.2. The summed E-state index contributed by atoms with van der Waals surface area (Å²) < 4.78 is 58.9. The van der Waals surface area contributed by atoms with Crippen molar-refractivity contribution in [2.24, 2.45) is 0 Å². The molecule has 0 aromatic rings. The van der Waals surface area contributed by atoms with Crippen molar-refractivity contribution in [2.45, 2.75) is 5.51 Å². The van der Waals surface area contributed by atoms with E-state index in [1.54, 1.807) is 0 Å². The van der Waals surface area contributed by atoms with Gasteiger partial charge in [0.15, 0.2) is 10.1 Å². The zero-order chi connectivity index (χ0) is 7.00. The second kappa shape index (κ2) is 5.83. The number of hydrogen-bond acceptors (Lipinski definition) is 3. The van der Waals surface area contributed by atoms with Gasteiger partial charge in [-0.2, -0.15) is 13.2 Å². The smallest absolute Gasteiger partial charge is 0.741 e. The Bertz CT molecular complexity index is 173. The second-order valence-electron chi connectivity index (χ2n) is 0.900. The van der Waals surface area contributed by atoms with Gasteiger partial charge in [0.25, 0.3) is 0 Å². The summed E-state index contributed by atoms with van der Waals surface area (Å²) in [4.78, 5) is 0. The molecule has 0 bridgehead atoms. The molecule has 0 spiro atoms. The van der Waals surface area contributed by atoms with Crippen LogP contribution in [0, 0.1) is 14.9 Å². The SMILES string of the molecule is O=S(=O)([O-])C(F)(F)F.[Al+3].[CH3-].[CH3-]. The molecular weight excluding hydrogens is 200 g/mol. The first kappa shape index (κ1) is 22.5. The molecule has 0 saturated heterocycles. The van der Waals surface area contributed by atoms with Gasteiger partial charge in [0, 0.05) is 0 Å². The summed E-state index contributed by atoms with van der Waals surface area (Å²) in [6, 6.07) is 0. The van der Waals surface area contributed by atoms with Crippen LogP contribution in [-0.2, 0) is 10.1 Å². The fraction of sp³-hybridized carbons (Fsp3) is 0.333. The predicted octanol–water partition coefficient (Wildman–Crippen LogP) is 0.571. The molecule has 0 radical (unpaired) electrons. The monoisotopic (exact) mass is 206 g/mol. The van der Waals surface area contributed by atoms with Gasteiger partial charge in [-0.3, -0.25) is 0 Å². The van der Waals surface area contributed by atoms with E-state index in [9.17, 15) is 13.2 Å². The Morgan fingerprint density at radius 1 is 1.09 bits per heavy atom. The van der Waals surface area contributed by atoms with Gasteiger partial charge in [-0.1, -0.05) is 0 Å². The zero-order valence-electron chi connectivity index (χ0n) is 5.84. The van der Waals surface area contributed by atoms with E-state index < -0.39 is 15.6 Å². The van der Waals surface area contributed by atoms with Crippen molar-refractivity contribution in [3.63, 3.8) is 0 Å². The molecule has 0 aromatic carbocycles. The summed E-state index contributed by atoms with van der Waals surface area (Å²) in [6.45, 7) is 0. The van der Waals surface area contributed by atoms with Gasteiger partial charge in [0.05, 0.1) is 0 Å². The van der Waals surface area contributed by atoms with Crippen molar-refractivity contribution >= 4 is 27.5 Å². The quantitative estimate of drug-likeness (QED) is 0.252. The molecule has 0 unspecified atom stereocenters. The number of alkyl halides is 3. The Labute approximate surface area is 74.5 Å². The fourth-order valence-corrected chi connectivity index (χ4v) is 0. The molecule has 0 aromatic heterocycles. The van der Waals surface area contributed by atoms with Crippen LogP contribution < -0.4 is 0 Å². The number of rotatable bonds is 0. The summed E-state index contributed by atoms with van der Waals surface area (Å²) in [7, 11) is -6.09. The third-order valence-corrected chi connectivity index (χ3v) is 0.850. The predicted molar refractivity (Wildman–Crippen MR) is 34.3 cm³/mol. The molecular formula is C3H6AlF3O3S. The van der Waals surface area contributed by atoms with Crippen LogP contribution in [-0.4, -0.2) is 35.8 Å². The van der Waals surface area contributed by atoms with Crippen molar-refractivity contribution in [2.75, 3.05) is 0 Å². The van der Waals surface area contributed by atoms with E-state index in [0.29, 0.717) is 0 Å². The molecule has 0 aliphatic carbocycles. The van der Waals surface area contributed by atoms with Crippen LogP contribution in [0.25, 0.3) is 0 Å². The van der Waals surface area contributed by atoms with Crippen LogP contribution in [0.1, 0.15) is 0 Å².